The molecule has 25 N–H and O–H groups in total. The van der Waals surface area contributed by atoms with Crippen LogP contribution in [0.5, 0.6) is 0 Å². The van der Waals surface area contributed by atoms with Gasteiger partial charge in [0.25, 0.3) is 0 Å². The summed E-state index contributed by atoms with van der Waals surface area (Å²) in [6, 6.07) is -6.74. The topological polar surface area (TPSA) is 455 Å². The van der Waals surface area contributed by atoms with Crippen LogP contribution in [0.4, 0.5) is 0 Å². The molecule has 0 aromatic rings. The minimum Gasteiger partial charge on any atom is -0.355 e. The van der Waals surface area contributed by atoms with Gasteiger partial charge in [0.2, 0.25) is 41.4 Å². The van der Waals surface area contributed by atoms with E-state index in [2.05, 4.69) is 37.2 Å². The van der Waals surface area contributed by atoms with E-state index in [0.717, 1.165) is 19.3 Å². The Morgan fingerprint density at radius 1 is 0.303 bits per heavy atom. The molecule has 24 nitrogen and oxygen atoms in total. The first-order valence-corrected chi connectivity index (χ1v) is 28.3. The van der Waals surface area contributed by atoms with Crippen molar-refractivity contribution in [3.63, 3.8) is 0 Å². The van der Waals surface area contributed by atoms with E-state index in [1.807, 2.05) is 0 Å². The van der Waals surface area contributed by atoms with Crippen molar-refractivity contribution in [3.05, 3.63) is 0 Å². The lowest BCUT2D eigenvalue weighted by Crippen LogP contribution is -2.55. The predicted octanol–water partition coefficient (Wildman–Crippen LogP) is -1.65. The summed E-state index contributed by atoms with van der Waals surface area (Å²) in [4.78, 5) is 106. The van der Waals surface area contributed by atoms with E-state index in [-0.39, 0.29) is 49.9 Å². The fraction of sp³-hybridized carbons (Fsp3) is 0.846. The molecule has 0 radical (unpaired) electrons. The molecule has 0 fully saturated rings. The van der Waals surface area contributed by atoms with E-state index in [4.69, 9.17) is 51.6 Å². The first kappa shape index (κ1) is 71.6. The smallest absolute Gasteiger partial charge is 0.243 e. The summed E-state index contributed by atoms with van der Waals surface area (Å²) in [5.74, 6) is -3.14. The van der Waals surface area contributed by atoms with Crippen molar-refractivity contribution in [1.82, 2.24) is 37.2 Å². The Balaban J connectivity index is 5.58. The van der Waals surface area contributed by atoms with Gasteiger partial charge in [-0.25, -0.2) is 0 Å². The highest BCUT2D eigenvalue weighted by molar-refractivity contribution is 5.95. The van der Waals surface area contributed by atoms with Crippen molar-refractivity contribution < 1.29 is 38.4 Å². The summed E-state index contributed by atoms with van der Waals surface area (Å²) in [6.45, 7) is 8.47. The second-order valence-electron chi connectivity index (χ2n) is 21.1. The van der Waals surface area contributed by atoms with E-state index in [1.54, 1.807) is 20.8 Å². The quantitative estimate of drug-likeness (QED) is 0.0304. The lowest BCUT2D eigenvalue weighted by atomic mass is 9.84. The summed E-state index contributed by atoms with van der Waals surface area (Å²) in [5, 5.41) is 19.8. The van der Waals surface area contributed by atoms with Gasteiger partial charge in [-0.3, -0.25) is 38.4 Å². The van der Waals surface area contributed by atoms with E-state index >= 15 is 0 Å². The molecule has 0 aliphatic heterocycles. The van der Waals surface area contributed by atoms with Crippen LogP contribution in [0.25, 0.3) is 0 Å². The van der Waals surface area contributed by atoms with E-state index in [9.17, 15) is 38.4 Å². The molecule has 0 aliphatic carbocycles. The molecule has 76 heavy (non-hydrogen) atoms. The third-order valence-corrected chi connectivity index (χ3v) is 13.1. The zero-order valence-corrected chi connectivity index (χ0v) is 46.7. The van der Waals surface area contributed by atoms with Crippen molar-refractivity contribution in [3.8, 4) is 0 Å². The maximum atomic E-state index is 13.9. The van der Waals surface area contributed by atoms with Crippen molar-refractivity contribution in [2.24, 2.45) is 57.0 Å². The second-order valence-corrected chi connectivity index (χ2v) is 21.1. The fourth-order valence-electron chi connectivity index (χ4n) is 8.19. The van der Waals surface area contributed by atoms with E-state index in [1.165, 1.54) is 0 Å². The number of nitrogens with two attached hydrogens (primary N) is 9. The molecule has 8 unspecified atom stereocenters. The average Bonchev–Trinajstić information content (AvgIpc) is 3.38. The Labute approximate surface area is 454 Å². The molecule has 0 saturated carbocycles. The van der Waals surface area contributed by atoms with Gasteiger partial charge in [-0.05, 0) is 168 Å². The molecule has 0 spiro atoms. The van der Waals surface area contributed by atoms with Crippen LogP contribution < -0.4 is 88.8 Å². The van der Waals surface area contributed by atoms with Crippen LogP contribution in [0.1, 0.15) is 175 Å². The monoisotopic (exact) mass is 1080 g/mol. The number of hydrogen-bond donors (Lipinski definition) is 16. The third kappa shape index (κ3) is 33.7. The number of carbonyl (C=O) groups is 8. The number of rotatable bonds is 47. The van der Waals surface area contributed by atoms with Gasteiger partial charge in [-0.15, -0.1) is 0 Å². The Morgan fingerprint density at radius 3 is 0.855 bits per heavy atom. The Bertz CT molecular complexity index is 1660. The van der Waals surface area contributed by atoms with Gasteiger partial charge >= 0.3 is 0 Å². The summed E-state index contributed by atoms with van der Waals surface area (Å²) < 4.78 is 0. The lowest BCUT2D eigenvalue weighted by molar-refractivity contribution is -0.134. The number of ketones is 1. The van der Waals surface area contributed by atoms with E-state index in [0.29, 0.717) is 155 Å². The number of Topliss-reactive ketones (excluding diaryl/α,β-unsaturated/α-hetero) is 1. The number of unbranched alkanes of at least 4 members (excludes halogenated alkanes) is 8. The van der Waals surface area contributed by atoms with Gasteiger partial charge in [0.15, 0.2) is 5.78 Å². The van der Waals surface area contributed by atoms with Crippen LogP contribution in [-0.4, -0.2) is 148 Å². The highest BCUT2D eigenvalue weighted by atomic mass is 16.2. The molecule has 0 saturated heterocycles. The average molecular weight is 1080 g/mol. The molecule has 442 valence electrons. The standard InChI is InChI=1S/C52H106N16O8/c1-52(2,3)44(69)40(24-10-18-35-64-50(75)42(67-47(72)38(60)22-6-14-30-55)27-11-19-33-62-45(70)36(58)20-4-12-28-53)65-51(76)43(26-8-16-32-57)68-48(73)39(61)23-9-17-34-63-49(74)41(25-7-15-31-56)66-46(71)37(59)21-5-13-29-54/h36-43H,4-35,53-61H2,1-3H3,(H,62,70)(H,63,74)(H,64,75)(H,65,76)(H,66,71)(H,67,72)(H,68,73). The number of nitrogens with one attached hydrogen (secondary N) is 7. The maximum absolute atomic E-state index is 13.9. The first-order valence-electron chi connectivity index (χ1n) is 28.3. The predicted molar refractivity (Wildman–Crippen MR) is 299 cm³/mol. The summed E-state index contributed by atoms with van der Waals surface area (Å²) >= 11 is 0. The second kappa shape index (κ2) is 43.6. The van der Waals surface area contributed by atoms with Gasteiger partial charge < -0.3 is 88.8 Å². The van der Waals surface area contributed by atoms with Crippen LogP contribution in [0.15, 0.2) is 0 Å². The number of amides is 7. The van der Waals surface area contributed by atoms with Crippen molar-refractivity contribution in [2.45, 2.75) is 223 Å². The molecule has 0 bridgehead atoms. The van der Waals surface area contributed by atoms with Gasteiger partial charge in [0.05, 0.1) is 30.2 Å². The van der Waals surface area contributed by atoms with Gasteiger partial charge in [-0.2, -0.15) is 0 Å². The maximum Gasteiger partial charge on any atom is 0.243 e. The van der Waals surface area contributed by atoms with Crippen LogP contribution in [-0.2, 0) is 38.4 Å². The van der Waals surface area contributed by atoms with Crippen LogP contribution >= 0.6 is 0 Å². The minimum atomic E-state index is -1.000. The van der Waals surface area contributed by atoms with Crippen molar-refractivity contribution in [2.75, 3.05) is 52.4 Å². The molecule has 0 aliphatic rings. The van der Waals surface area contributed by atoms with Crippen LogP contribution in [0, 0.1) is 5.41 Å². The van der Waals surface area contributed by atoms with Gasteiger partial charge in [0.1, 0.15) is 18.1 Å². The highest BCUT2D eigenvalue weighted by Gasteiger charge is 2.33. The molecule has 24 heteroatoms. The first-order chi connectivity index (χ1) is 36.2. The lowest BCUT2D eigenvalue weighted by Gasteiger charge is -2.28. The molecule has 0 aromatic carbocycles. The van der Waals surface area contributed by atoms with Gasteiger partial charge in [0, 0.05) is 25.0 Å². The Hall–Kier alpha value is -4.40. The SMILES string of the molecule is CC(C)(C)C(=O)C(CCCCNC(=O)C(CCCCNC(=O)C(N)CCCCN)NC(=O)C(N)CCCCN)NC(=O)C(CCCCN)NC(=O)C(N)CCCCNC(=O)C(CCCCN)NC(=O)C(N)CCCCN. The molecule has 8 atom stereocenters. The summed E-state index contributed by atoms with van der Waals surface area (Å²) in [6.07, 6.45) is 12.6. The molecule has 0 aromatic heterocycles. The molecular formula is C52H106N16O8. The zero-order chi connectivity index (χ0) is 57.3. The third-order valence-electron chi connectivity index (χ3n) is 13.1. The van der Waals surface area contributed by atoms with E-state index < -0.39 is 83.3 Å². The summed E-state index contributed by atoms with van der Waals surface area (Å²) in [5.41, 5.74) is 51.8. The Morgan fingerprint density at radius 2 is 0.539 bits per heavy atom. The van der Waals surface area contributed by atoms with Crippen LogP contribution in [0.2, 0.25) is 0 Å². The molecule has 7 amide bonds. The zero-order valence-electron chi connectivity index (χ0n) is 46.7. The van der Waals surface area contributed by atoms with Gasteiger partial charge in [-0.1, -0.05) is 40.0 Å². The van der Waals surface area contributed by atoms with Crippen molar-refractivity contribution >= 4 is 47.1 Å². The highest BCUT2D eigenvalue weighted by Crippen LogP contribution is 2.20. The minimum absolute atomic E-state index is 0.206. The number of carbonyl (C=O) groups excluding carboxylic acids is 8. The largest absolute Gasteiger partial charge is 0.355 e. The molecule has 0 heterocycles. The molecule has 0 rings (SSSR count). The van der Waals surface area contributed by atoms with Crippen molar-refractivity contribution in [1.29, 1.82) is 0 Å². The fourth-order valence-corrected chi connectivity index (χ4v) is 8.19. The molecular weight excluding hydrogens is 977 g/mol. The Kier molecular flexibility index (Phi) is 41.0. The number of hydrogen-bond acceptors (Lipinski definition) is 17. The normalized spacial score (nSPS) is 14.7. The summed E-state index contributed by atoms with van der Waals surface area (Å²) in [7, 11) is 0. The van der Waals surface area contributed by atoms with Crippen LogP contribution in [0.3, 0.4) is 0 Å².